The molecule has 2 aromatic rings. The Kier molecular flexibility index (Phi) is 5.55. The van der Waals surface area contributed by atoms with Crippen LogP contribution in [-0.2, 0) is 4.79 Å². The fourth-order valence-corrected chi connectivity index (χ4v) is 2.09. The first-order valence-electron chi connectivity index (χ1n) is 6.95. The fourth-order valence-electron chi connectivity index (χ4n) is 1.92. The van der Waals surface area contributed by atoms with Gasteiger partial charge in [0.25, 0.3) is 5.91 Å². The second kappa shape index (κ2) is 7.61. The van der Waals surface area contributed by atoms with Crippen LogP contribution in [0, 0.1) is 6.92 Å². The highest BCUT2D eigenvalue weighted by Gasteiger charge is 2.07. The zero-order valence-electron chi connectivity index (χ0n) is 12.2. The highest BCUT2D eigenvalue weighted by molar-refractivity contribution is 6.31. The van der Waals surface area contributed by atoms with E-state index in [1.165, 1.54) is 0 Å². The number of carbonyl (C=O) groups excluding carboxylic acids is 2. The van der Waals surface area contributed by atoms with Crippen LogP contribution in [0.2, 0.25) is 5.02 Å². The summed E-state index contributed by atoms with van der Waals surface area (Å²) in [4.78, 5) is 23.7. The summed E-state index contributed by atoms with van der Waals surface area (Å²) in [7, 11) is 0. The van der Waals surface area contributed by atoms with Gasteiger partial charge in [-0.15, -0.1) is 0 Å². The Morgan fingerprint density at radius 3 is 2.55 bits per heavy atom. The predicted octanol–water partition coefficient (Wildman–Crippen LogP) is 3.41. The summed E-state index contributed by atoms with van der Waals surface area (Å²) < 4.78 is 0. The molecule has 2 rings (SSSR count). The van der Waals surface area contributed by atoms with E-state index in [1.54, 1.807) is 36.4 Å². The lowest BCUT2D eigenvalue weighted by atomic mass is 10.2. The average Bonchev–Trinajstić information content (AvgIpc) is 2.51. The van der Waals surface area contributed by atoms with Crippen molar-refractivity contribution in [3.8, 4) is 0 Å². The average molecular weight is 317 g/mol. The van der Waals surface area contributed by atoms with E-state index >= 15 is 0 Å². The zero-order chi connectivity index (χ0) is 15.9. The standard InChI is InChI=1S/C17H17ClN2O2/c1-12-7-8-14(18)11-15(12)20-16(21)9-10-19-17(22)13-5-3-2-4-6-13/h2-8,11H,9-10H2,1H3,(H,19,22)(H,20,21). The fraction of sp³-hybridized carbons (Fsp3) is 0.176. The molecule has 0 bridgehead atoms. The van der Waals surface area contributed by atoms with Crippen molar-refractivity contribution in [2.24, 2.45) is 0 Å². The first-order valence-corrected chi connectivity index (χ1v) is 7.33. The molecule has 114 valence electrons. The van der Waals surface area contributed by atoms with Crippen LogP contribution >= 0.6 is 11.6 Å². The first-order chi connectivity index (χ1) is 10.6. The molecule has 0 unspecified atom stereocenters. The van der Waals surface area contributed by atoms with Gasteiger partial charge < -0.3 is 10.6 Å². The molecule has 0 radical (unpaired) electrons. The number of carbonyl (C=O) groups is 2. The van der Waals surface area contributed by atoms with Crippen LogP contribution in [0.1, 0.15) is 22.3 Å². The quantitative estimate of drug-likeness (QED) is 0.888. The molecule has 2 aromatic carbocycles. The second-order valence-electron chi connectivity index (χ2n) is 4.88. The Hall–Kier alpha value is -2.33. The van der Waals surface area contributed by atoms with E-state index in [1.807, 2.05) is 19.1 Å². The van der Waals surface area contributed by atoms with E-state index < -0.39 is 0 Å². The van der Waals surface area contributed by atoms with Crippen LogP contribution in [0.3, 0.4) is 0 Å². The van der Waals surface area contributed by atoms with Crippen molar-refractivity contribution in [1.29, 1.82) is 0 Å². The van der Waals surface area contributed by atoms with Crippen molar-refractivity contribution in [2.75, 3.05) is 11.9 Å². The molecule has 2 amide bonds. The molecule has 0 heterocycles. The number of rotatable bonds is 5. The molecule has 2 N–H and O–H groups in total. The first kappa shape index (κ1) is 16.0. The van der Waals surface area contributed by atoms with Gasteiger partial charge in [0.05, 0.1) is 0 Å². The van der Waals surface area contributed by atoms with Crippen molar-refractivity contribution < 1.29 is 9.59 Å². The number of anilines is 1. The highest BCUT2D eigenvalue weighted by Crippen LogP contribution is 2.20. The van der Waals surface area contributed by atoms with Crippen LogP contribution in [0.25, 0.3) is 0 Å². The summed E-state index contributed by atoms with van der Waals surface area (Å²) in [6.45, 7) is 2.17. The van der Waals surface area contributed by atoms with Gasteiger partial charge in [0.1, 0.15) is 0 Å². The second-order valence-corrected chi connectivity index (χ2v) is 5.32. The van der Waals surface area contributed by atoms with E-state index in [9.17, 15) is 9.59 Å². The minimum absolute atomic E-state index is 0.168. The number of halogens is 1. The van der Waals surface area contributed by atoms with Gasteiger partial charge in [0.2, 0.25) is 5.91 Å². The molecule has 5 heteroatoms. The Balaban J connectivity index is 1.81. The van der Waals surface area contributed by atoms with Crippen LogP contribution in [0.15, 0.2) is 48.5 Å². The maximum atomic E-state index is 11.9. The summed E-state index contributed by atoms with van der Waals surface area (Å²) in [5, 5.41) is 6.07. The molecule has 4 nitrogen and oxygen atoms in total. The Bertz CT molecular complexity index is 672. The van der Waals surface area contributed by atoms with Crippen LogP contribution in [0.5, 0.6) is 0 Å². The smallest absolute Gasteiger partial charge is 0.251 e. The van der Waals surface area contributed by atoms with E-state index in [0.29, 0.717) is 16.3 Å². The SMILES string of the molecule is Cc1ccc(Cl)cc1NC(=O)CCNC(=O)c1ccccc1. The highest BCUT2D eigenvalue weighted by atomic mass is 35.5. The maximum Gasteiger partial charge on any atom is 0.251 e. The lowest BCUT2D eigenvalue weighted by Gasteiger charge is -2.09. The molecule has 0 aliphatic carbocycles. The molecular formula is C17H17ClN2O2. The van der Waals surface area contributed by atoms with Crippen molar-refractivity contribution in [3.63, 3.8) is 0 Å². The number of hydrogen-bond acceptors (Lipinski definition) is 2. The normalized spacial score (nSPS) is 10.1. The molecular weight excluding hydrogens is 300 g/mol. The third-order valence-electron chi connectivity index (χ3n) is 3.15. The molecule has 0 aliphatic heterocycles. The lowest BCUT2D eigenvalue weighted by molar-refractivity contribution is -0.116. The molecule has 0 atom stereocenters. The molecule has 0 aromatic heterocycles. The maximum absolute atomic E-state index is 11.9. The minimum atomic E-state index is -0.188. The van der Waals surface area contributed by atoms with Crippen molar-refractivity contribution in [2.45, 2.75) is 13.3 Å². The van der Waals surface area contributed by atoms with Gasteiger partial charge >= 0.3 is 0 Å². The molecule has 0 aliphatic rings. The number of nitrogens with one attached hydrogen (secondary N) is 2. The van der Waals surface area contributed by atoms with Crippen molar-refractivity contribution >= 4 is 29.1 Å². The number of benzene rings is 2. The summed E-state index contributed by atoms with van der Waals surface area (Å²) in [6.07, 6.45) is 0.199. The Labute approximate surface area is 134 Å². The Morgan fingerprint density at radius 2 is 1.82 bits per heavy atom. The monoisotopic (exact) mass is 316 g/mol. The summed E-state index contributed by atoms with van der Waals surface area (Å²) >= 11 is 5.91. The van der Waals surface area contributed by atoms with Crippen LogP contribution in [-0.4, -0.2) is 18.4 Å². The topological polar surface area (TPSA) is 58.2 Å². The summed E-state index contributed by atoms with van der Waals surface area (Å²) in [6, 6.07) is 14.2. The van der Waals surface area contributed by atoms with E-state index in [4.69, 9.17) is 11.6 Å². The number of hydrogen-bond donors (Lipinski definition) is 2. The Morgan fingerprint density at radius 1 is 1.09 bits per heavy atom. The van der Waals surface area contributed by atoms with Crippen LogP contribution in [0.4, 0.5) is 5.69 Å². The van der Waals surface area contributed by atoms with Gasteiger partial charge in [-0.05, 0) is 36.8 Å². The molecule has 0 fully saturated rings. The number of aryl methyl sites for hydroxylation is 1. The van der Waals surface area contributed by atoms with Gasteiger partial charge in [-0.25, -0.2) is 0 Å². The largest absolute Gasteiger partial charge is 0.352 e. The lowest BCUT2D eigenvalue weighted by Crippen LogP contribution is -2.27. The van der Waals surface area contributed by atoms with Gasteiger partial charge in [0.15, 0.2) is 0 Å². The third kappa shape index (κ3) is 4.60. The van der Waals surface area contributed by atoms with Gasteiger partial charge in [-0.2, -0.15) is 0 Å². The van der Waals surface area contributed by atoms with Crippen LogP contribution < -0.4 is 10.6 Å². The third-order valence-corrected chi connectivity index (χ3v) is 3.38. The molecule has 22 heavy (non-hydrogen) atoms. The van der Waals surface area contributed by atoms with Crippen molar-refractivity contribution in [3.05, 3.63) is 64.7 Å². The van der Waals surface area contributed by atoms with E-state index in [0.717, 1.165) is 5.56 Å². The van der Waals surface area contributed by atoms with E-state index in [2.05, 4.69) is 10.6 Å². The minimum Gasteiger partial charge on any atom is -0.352 e. The van der Waals surface area contributed by atoms with Crippen molar-refractivity contribution in [1.82, 2.24) is 5.32 Å². The molecule has 0 spiro atoms. The zero-order valence-corrected chi connectivity index (χ0v) is 13.0. The summed E-state index contributed by atoms with van der Waals surface area (Å²) in [5.41, 5.74) is 2.20. The van der Waals surface area contributed by atoms with Gasteiger partial charge in [-0.3, -0.25) is 9.59 Å². The predicted molar refractivity (Wildman–Crippen MR) is 88.2 cm³/mol. The summed E-state index contributed by atoms with van der Waals surface area (Å²) in [5.74, 6) is -0.355. The van der Waals surface area contributed by atoms with Gasteiger partial charge in [0, 0.05) is 29.2 Å². The number of amides is 2. The molecule has 0 saturated carbocycles. The molecule has 0 saturated heterocycles. The van der Waals surface area contributed by atoms with E-state index in [-0.39, 0.29) is 24.8 Å². The van der Waals surface area contributed by atoms with Gasteiger partial charge in [-0.1, -0.05) is 35.9 Å².